The van der Waals surface area contributed by atoms with E-state index in [1.165, 1.54) is 4.88 Å². The lowest BCUT2D eigenvalue weighted by atomic mass is 10.4. The Morgan fingerprint density at radius 3 is 3.09 bits per heavy atom. The van der Waals surface area contributed by atoms with Crippen LogP contribution in [0.4, 0.5) is 0 Å². The Morgan fingerprint density at radius 1 is 1.73 bits per heavy atom. The summed E-state index contributed by atoms with van der Waals surface area (Å²) < 4.78 is 0. The van der Waals surface area contributed by atoms with Gasteiger partial charge in [-0.25, -0.2) is 0 Å². The SMILES string of the molecule is O=C(CBr)NCc1cccs1. The molecule has 0 aliphatic heterocycles. The van der Waals surface area contributed by atoms with Crippen molar-refractivity contribution in [2.45, 2.75) is 6.54 Å². The van der Waals surface area contributed by atoms with E-state index >= 15 is 0 Å². The maximum Gasteiger partial charge on any atom is 0.230 e. The Balaban J connectivity index is 2.29. The number of amides is 1. The predicted octanol–water partition coefficient (Wildman–Crippen LogP) is 1.76. The first-order valence-corrected chi connectivity index (χ1v) is 5.18. The van der Waals surface area contributed by atoms with Crippen LogP contribution in [0.25, 0.3) is 0 Å². The zero-order valence-electron chi connectivity index (χ0n) is 5.84. The normalized spacial score (nSPS) is 9.55. The van der Waals surface area contributed by atoms with Crippen molar-refractivity contribution >= 4 is 33.2 Å². The molecular weight excluding hydrogens is 226 g/mol. The van der Waals surface area contributed by atoms with Gasteiger partial charge >= 0.3 is 0 Å². The Hall–Kier alpha value is -0.350. The number of thiophene rings is 1. The number of halogens is 1. The molecule has 0 aliphatic rings. The third kappa shape index (κ3) is 3.03. The topological polar surface area (TPSA) is 29.1 Å². The summed E-state index contributed by atoms with van der Waals surface area (Å²) in [6.07, 6.45) is 0. The highest BCUT2D eigenvalue weighted by Crippen LogP contribution is 2.07. The molecule has 0 aromatic carbocycles. The molecule has 0 bridgehead atoms. The van der Waals surface area contributed by atoms with Crippen LogP contribution in [0.15, 0.2) is 17.5 Å². The van der Waals surface area contributed by atoms with E-state index in [2.05, 4.69) is 21.2 Å². The van der Waals surface area contributed by atoms with E-state index in [1.807, 2.05) is 17.5 Å². The molecule has 60 valence electrons. The minimum atomic E-state index is 0.0263. The van der Waals surface area contributed by atoms with Crippen LogP contribution in [0.5, 0.6) is 0 Å². The number of carbonyl (C=O) groups is 1. The van der Waals surface area contributed by atoms with Crippen molar-refractivity contribution in [1.82, 2.24) is 5.32 Å². The number of alkyl halides is 1. The second-order valence-corrected chi connectivity index (χ2v) is 3.58. The first-order valence-electron chi connectivity index (χ1n) is 3.18. The Morgan fingerprint density at radius 2 is 2.55 bits per heavy atom. The molecule has 4 heteroatoms. The van der Waals surface area contributed by atoms with Gasteiger partial charge in [0.15, 0.2) is 0 Å². The lowest BCUT2D eigenvalue weighted by molar-refractivity contribution is -0.118. The van der Waals surface area contributed by atoms with Crippen LogP contribution in [0, 0.1) is 0 Å². The second kappa shape index (κ2) is 4.51. The molecule has 0 aliphatic carbocycles. The van der Waals surface area contributed by atoms with Gasteiger partial charge in [0.1, 0.15) is 0 Å². The van der Waals surface area contributed by atoms with E-state index in [0.29, 0.717) is 11.9 Å². The van der Waals surface area contributed by atoms with E-state index in [4.69, 9.17) is 0 Å². The van der Waals surface area contributed by atoms with Crippen LogP contribution in [0.1, 0.15) is 4.88 Å². The van der Waals surface area contributed by atoms with Gasteiger partial charge in [-0.15, -0.1) is 11.3 Å². The van der Waals surface area contributed by atoms with Crippen LogP contribution >= 0.6 is 27.3 Å². The average molecular weight is 234 g/mol. The van der Waals surface area contributed by atoms with Gasteiger partial charge in [0, 0.05) is 4.88 Å². The van der Waals surface area contributed by atoms with Gasteiger partial charge in [-0.2, -0.15) is 0 Å². The van der Waals surface area contributed by atoms with Gasteiger partial charge in [0.05, 0.1) is 11.9 Å². The molecule has 11 heavy (non-hydrogen) atoms. The molecule has 2 nitrogen and oxygen atoms in total. The molecule has 1 N–H and O–H groups in total. The van der Waals surface area contributed by atoms with E-state index in [1.54, 1.807) is 11.3 Å². The summed E-state index contributed by atoms with van der Waals surface area (Å²) in [5.74, 6) is 0.0263. The maximum atomic E-state index is 10.8. The standard InChI is InChI=1S/C7H8BrNOS/c8-4-7(10)9-5-6-2-1-3-11-6/h1-3H,4-5H2,(H,9,10). The summed E-state index contributed by atoms with van der Waals surface area (Å²) >= 11 is 4.72. The van der Waals surface area contributed by atoms with E-state index in [9.17, 15) is 4.79 Å². The molecule has 0 saturated carbocycles. The zero-order chi connectivity index (χ0) is 8.10. The smallest absolute Gasteiger partial charge is 0.230 e. The van der Waals surface area contributed by atoms with Crippen molar-refractivity contribution in [1.29, 1.82) is 0 Å². The minimum Gasteiger partial charge on any atom is -0.350 e. The Bertz CT molecular complexity index is 222. The lowest BCUT2D eigenvalue weighted by Gasteiger charge is -1.98. The fourth-order valence-electron chi connectivity index (χ4n) is 0.646. The van der Waals surface area contributed by atoms with Crippen molar-refractivity contribution in [3.63, 3.8) is 0 Å². The second-order valence-electron chi connectivity index (χ2n) is 1.99. The number of carbonyl (C=O) groups excluding carboxylic acids is 1. The monoisotopic (exact) mass is 233 g/mol. The molecule has 0 unspecified atom stereocenters. The third-order valence-electron chi connectivity index (χ3n) is 1.16. The molecule has 0 radical (unpaired) electrons. The van der Waals surface area contributed by atoms with E-state index < -0.39 is 0 Å². The summed E-state index contributed by atoms with van der Waals surface area (Å²) in [6, 6.07) is 3.97. The Kier molecular flexibility index (Phi) is 3.59. The summed E-state index contributed by atoms with van der Waals surface area (Å²) in [5.41, 5.74) is 0. The van der Waals surface area contributed by atoms with Gasteiger partial charge in [-0.3, -0.25) is 4.79 Å². The highest BCUT2D eigenvalue weighted by molar-refractivity contribution is 9.09. The van der Waals surface area contributed by atoms with Crippen molar-refractivity contribution in [3.8, 4) is 0 Å². The van der Waals surface area contributed by atoms with Crippen LogP contribution in [-0.2, 0) is 11.3 Å². The largest absolute Gasteiger partial charge is 0.350 e. The first-order chi connectivity index (χ1) is 5.33. The minimum absolute atomic E-state index is 0.0263. The van der Waals surface area contributed by atoms with Gasteiger partial charge < -0.3 is 5.32 Å². The van der Waals surface area contributed by atoms with E-state index in [-0.39, 0.29) is 5.91 Å². The fourth-order valence-corrected chi connectivity index (χ4v) is 1.49. The highest BCUT2D eigenvalue weighted by atomic mass is 79.9. The lowest BCUT2D eigenvalue weighted by Crippen LogP contribution is -2.22. The third-order valence-corrected chi connectivity index (χ3v) is 2.55. The number of rotatable bonds is 3. The summed E-state index contributed by atoms with van der Waals surface area (Å²) in [5, 5.41) is 5.13. The first kappa shape index (κ1) is 8.74. The molecule has 1 heterocycles. The number of nitrogens with one attached hydrogen (secondary N) is 1. The van der Waals surface area contributed by atoms with Crippen molar-refractivity contribution < 1.29 is 4.79 Å². The summed E-state index contributed by atoms with van der Waals surface area (Å²) in [7, 11) is 0. The summed E-state index contributed by atoms with van der Waals surface area (Å²) in [6.45, 7) is 0.641. The molecule has 1 rings (SSSR count). The predicted molar refractivity (Wildman–Crippen MR) is 50.0 cm³/mol. The van der Waals surface area contributed by atoms with Gasteiger partial charge in [0.25, 0.3) is 0 Å². The van der Waals surface area contributed by atoms with Gasteiger partial charge in [-0.05, 0) is 11.4 Å². The van der Waals surface area contributed by atoms with Crippen LogP contribution in [-0.4, -0.2) is 11.2 Å². The quantitative estimate of drug-likeness (QED) is 0.793. The molecule has 1 aromatic rings. The molecule has 0 saturated heterocycles. The zero-order valence-corrected chi connectivity index (χ0v) is 8.24. The van der Waals surface area contributed by atoms with Crippen molar-refractivity contribution in [3.05, 3.63) is 22.4 Å². The van der Waals surface area contributed by atoms with Crippen LogP contribution in [0.3, 0.4) is 0 Å². The highest BCUT2D eigenvalue weighted by Gasteiger charge is 1.97. The molecule has 0 spiro atoms. The summed E-state index contributed by atoms with van der Waals surface area (Å²) in [4.78, 5) is 11.9. The van der Waals surface area contributed by atoms with Crippen molar-refractivity contribution in [2.24, 2.45) is 0 Å². The van der Waals surface area contributed by atoms with Crippen LogP contribution in [0.2, 0.25) is 0 Å². The average Bonchev–Trinajstić information content (AvgIpc) is 2.52. The molecule has 1 aromatic heterocycles. The van der Waals surface area contributed by atoms with E-state index in [0.717, 1.165) is 0 Å². The molecule has 0 atom stereocenters. The molecular formula is C7H8BrNOS. The number of hydrogen-bond donors (Lipinski definition) is 1. The van der Waals surface area contributed by atoms with Crippen LogP contribution < -0.4 is 5.32 Å². The molecule has 0 fully saturated rings. The van der Waals surface area contributed by atoms with Gasteiger partial charge in [0.2, 0.25) is 5.91 Å². The maximum absolute atomic E-state index is 10.8. The fraction of sp³-hybridized carbons (Fsp3) is 0.286. The Labute approximate surface area is 77.7 Å². The molecule has 1 amide bonds. The van der Waals surface area contributed by atoms with Gasteiger partial charge in [-0.1, -0.05) is 22.0 Å². The number of hydrogen-bond acceptors (Lipinski definition) is 2. The van der Waals surface area contributed by atoms with Crippen molar-refractivity contribution in [2.75, 3.05) is 5.33 Å².